The van der Waals surface area contributed by atoms with Crippen LogP contribution in [-0.4, -0.2) is 41.7 Å². The van der Waals surface area contributed by atoms with E-state index >= 15 is 0 Å². The van der Waals surface area contributed by atoms with E-state index in [0.717, 1.165) is 23.3 Å². The van der Waals surface area contributed by atoms with Gasteiger partial charge in [0.25, 0.3) is 0 Å². The van der Waals surface area contributed by atoms with Crippen LogP contribution in [0.15, 0.2) is 42.5 Å². The molecular weight excluding hydrogens is 479 g/mol. The van der Waals surface area contributed by atoms with Crippen LogP contribution in [0, 0.1) is 0 Å². The van der Waals surface area contributed by atoms with Crippen molar-refractivity contribution in [2.24, 2.45) is 0 Å². The topological polar surface area (TPSA) is 58.6 Å². The van der Waals surface area contributed by atoms with Crippen molar-refractivity contribution in [3.05, 3.63) is 63.6 Å². The number of halogens is 2. The largest absolute Gasteiger partial charge is 0.497 e. The second-order valence-electron chi connectivity index (χ2n) is 7.84. The molecule has 0 saturated carbocycles. The fourth-order valence-corrected chi connectivity index (χ4v) is 4.73. The summed E-state index contributed by atoms with van der Waals surface area (Å²) in [5.41, 5.74) is 1.85. The van der Waals surface area contributed by atoms with Crippen LogP contribution < -0.4 is 10.1 Å². The Morgan fingerprint density at radius 3 is 2.36 bits per heavy atom. The summed E-state index contributed by atoms with van der Waals surface area (Å²) in [5, 5.41) is 4.18. The third kappa shape index (κ3) is 8.43. The minimum atomic E-state index is -0.548. The van der Waals surface area contributed by atoms with E-state index in [9.17, 15) is 9.59 Å². The molecule has 8 heteroatoms. The summed E-state index contributed by atoms with van der Waals surface area (Å²) in [7, 11) is 1.61. The summed E-state index contributed by atoms with van der Waals surface area (Å²) in [6.45, 7) is 6.25. The molecule has 33 heavy (non-hydrogen) atoms. The smallest absolute Gasteiger partial charge is 0.243 e. The molecule has 5 nitrogen and oxygen atoms in total. The summed E-state index contributed by atoms with van der Waals surface area (Å²) in [6.07, 6.45) is 1.35. The average molecular weight is 512 g/mol. The van der Waals surface area contributed by atoms with Gasteiger partial charge in [-0.3, -0.25) is 9.59 Å². The molecule has 0 radical (unpaired) electrons. The van der Waals surface area contributed by atoms with Gasteiger partial charge in [-0.1, -0.05) is 55.2 Å². The standard InChI is InChI=1S/C25H32Cl2N2O3S/c1-5-17(3)28-25(31)23(6-2)29(14-18-7-11-21(32-4)12-8-18)24(30)16-33-15-19-9-10-20(26)13-22(19)27/h7-13,17,23H,5-6,14-16H2,1-4H3,(H,28,31)/t17-,23+/m1/s1. The van der Waals surface area contributed by atoms with Gasteiger partial charge in [0.05, 0.1) is 12.9 Å². The van der Waals surface area contributed by atoms with Crippen molar-refractivity contribution >= 4 is 46.8 Å². The Labute approximate surface area is 211 Å². The SMILES string of the molecule is CC[C@@H](C)NC(=O)[C@H](CC)N(Cc1ccc(OC)cc1)C(=O)CSCc1ccc(Cl)cc1Cl. The molecule has 2 aromatic carbocycles. The van der Waals surface area contributed by atoms with Crippen molar-refractivity contribution in [2.75, 3.05) is 12.9 Å². The highest BCUT2D eigenvalue weighted by atomic mass is 35.5. The van der Waals surface area contributed by atoms with E-state index in [2.05, 4.69) is 5.32 Å². The van der Waals surface area contributed by atoms with Crippen molar-refractivity contribution in [1.29, 1.82) is 0 Å². The van der Waals surface area contributed by atoms with Gasteiger partial charge in [-0.05, 0) is 55.2 Å². The van der Waals surface area contributed by atoms with Crippen LogP contribution in [0.3, 0.4) is 0 Å². The number of amides is 2. The maximum atomic E-state index is 13.3. The van der Waals surface area contributed by atoms with Gasteiger partial charge >= 0.3 is 0 Å². The van der Waals surface area contributed by atoms with Gasteiger partial charge in [0, 0.05) is 28.4 Å². The Balaban J connectivity index is 2.16. The first-order chi connectivity index (χ1) is 15.8. The molecule has 0 bridgehead atoms. The van der Waals surface area contributed by atoms with Crippen molar-refractivity contribution < 1.29 is 14.3 Å². The first-order valence-corrected chi connectivity index (χ1v) is 12.9. The summed E-state index contributed by atoms with van der Waals surface area (Å²) in [5.74, 6) is 1.34. The lowest BCUT2D eigenvalue weighted by molar-refractivity contribution is -0.139. The number of thioether (sulfide) groups is 1. The molecule has 2 rings (SSSR count). The molecule has 0 aliphatic rings. The number of rotatable bonds is 12. The van der Waals surface area contributed by atoms with Crippen molar-refractivity contribution in [3.63, 3.8) is 0 Å². The van der Waals surface area contributed by atoms with Crippen LogP contribution in [0.25, 0.3) is 0 Å². The van der Waals surface area contributed by atoms with E-state index < -0.39 is 6.04 Å². The molecule has 0 aromatic heterocycles. The highest BCUT2D eigenvalue weighted by Gasteiger charge is 2.29. The first kappa shape index (κ1) is 27.4. The molecule has 0 aliphatic heterocycles. The fraction of sp³-hybridized carbons (Fsp3) is 0.440. The summed E-state index contributed by atoms with van der Waals surface area (Å²) < 4.78 is 5.23. The van der Waals surface area contributed by atoms with Crippen LogP contribution in [0.1, 0.15) is 44.7 Å². The number of ether oxygens (including phenoxy) is 1. The van der Waals surface area contributed by atoms with Gasteiger partial charge < -0.3 is 15.0 Å². The highest BCUT2D eigenvalue weighted by Crippen LogP contribution is 2.25. The predicted molar refractivity (Wildman–Crippen MR) is 138 cm³/mol. The quantitative estimate of drug-likeness (QED) is 0.382. The van der Waals surface area contributed by atoms with Gasteiger partial charge in [-0.15, -0.1) is 11.8 Å². The third-order valence-corrected chi connectivity index (χ3v) is 6.95. The molecule has 2 amide bonds. The van der Waals surface area contributed by atoms with E-state index in [1.807, 2.05) is 51.1 Å². The van der Waals surface area contributed by atoms with Crippen LogP contribution in [-0.2, 0) is 21.9 Å². The molecule has 0 spiro atoms. The van der Waals surface area contributed by atoms with Crippen molar-refractivity contribution in [3.8, 4) is 5.75 Å². The van der Waals surface area contributed by atoms with Gasteiger partial charge in [0.2, 0.25) is 11.8 Å². The van der Waals surface area contributed by atoms with E-state index in [4.69, 9.17) is 27.9 Å². The Hall–Kier alpha value is -1.89. The number of methoxy groups -OCH3 is 1. The van der Waals surface area contributed by atoms with Gasteiger partial charge in [0.15, 0.2) is 0 Å². The predicted octanol–water partition coefficient (Wildman–Crippen LogP) is 5.96. The number of carbonyl (C=O) groups is 2. The third-order valence-electron chi connectivity index (χ3n) is 5.40. The monoisotopic (exact) mass is 510 g/mol. The van der Waals surface area contributed by atoms with Gasteiger partial charge in [-0.2, -0.15) is 0 Å². The Morgan fingerprint density at radius 2 is 1.79 bits per heavy atom. The van der Waals surface area contributed by atoms with E-state index in [0.29, 0.717) is 28.8 Å². The maximum absolute atomic E-state index is 13.3. The molecule has 1 N–H and O–H groups in total. The Bertz CT molecular complexity index is 924. The second kappa shape index (κ2) is 13.7. The van der Waals surface area contributed by atoms with Crippen LogP contribution in [0.5, 0.6) is 5.75 Å². The number of nitrogens with zero attached hydrogens (tertiary/aromatic N) is 1. The molecule has 0 fully saturated rings. The van der Waals surface area contributed by atoms with Crippen LogP contribution in [0.2, 0.25) is 10.0 Å². The zero-order valence-electron chi connectivity index (χ0n) is 19.6. The van der Waals surface area contributed by atoms with E-state index in [1.54, 1.807) is 24.1 Å². The average Bonchev–Trinajstić information content (AvgIpc) is 2.80. The molecule has 2 atom stereocenters. The number of nitrogens with one attached hydrogen (secondary N) is 1. The normalized spacial score (nSPS) is 12.7. The lowest BCUT2D eigenvalue weighted by Crippen LogP contribution is -2.51. The number of hydrogen-bond donors (Lipinski definition) is 1. The Kier molecular flexibility index (Phi) is 11.4. The molecule has 0 unspecified atom stereocenters. The summed E-state index contributed by atoms with van der Waals surface area (Å²) in [4.78, 5) is 28.0. The number of hydrogen-bond acceptors (Lipinski definition) is 4. The minimum absolute atomic E-state index is 0.0471. The number of benzene rings is 2. The summed E-state index contributed by atoms with van der Waals surface area (Å²) >= 11 is 13.7. The minimum Gasteiger partial charge on any atom is -0.497 e. The second-order valence-corrected chi connectivity index (χ2v) is 9.67. The fourth-order valence-electron chi connectivity index (χ4n) is 3.26. The zero-order chi connectivity index (χ0) is 24.4. The van der Waals surface area contributed by atoms with E-state index in [1.165, 1.54) is 11.8 Å². The molecule has 2 aromatic rings. The van der Waals surface area contributed by atoms with Gasteiger partial charge in [-0.25, -0.2) is 0 Å². The Morgan fingerprint density at radius 1 is 1.09 bits per heavy atom. The lowest BCUT2D eigenvalue weighted by Gasteiger charge is -2.31. The van der Waals surface area contributed by atoms with E-state index in [-0.39, 0.29) is 23.6 Å². The lowest BCUT2D eigenvalue weighted by atomic mass is 10.1. The molecule has 0 aliphatic carbocycles. The van der Waals surface area contributed by atoms with Crippen molar-refractivity contribution in [2.45, 2.75) is 58.0 Å². The summed E-state index contributed by atoms with van der Waals surface area (Å²) in [6, 6.07) is 12.4. The maximum Gasteiger partial charge on any atom is 0.243 e. The first-order valence-electron chi connectivity index (χ1n) is 11.0. The molecular formula is C25H32Cl2N2O3S. The zero-order valence-corrected chi connectivity index (χ0v) is 21.9. The molecule has 0 saturated heterocycles. The van der Waals surface area contributed by atoms with Gasteiger partial charge in [0.1, 0.15) is 11.8 Å². The number of carbonyl (C=O) groups excluding carboxylic acids is 2. The van der Waals surface area contributed by atoms with Crippen LogP contribution >= 0.6 is 35.0 Å². The molecule has 0 heterocycles. The van der Waals surface area contributed by atoms with Crippen molar-refractivity contribution in [1.82, 2.24) is 10.2 Å². The molecule has 180 valence electrons. The highest BCUT2D eigenvalue weighted by molar-refractivity contribution is 7.99. The van der Waals surface area contributed by atoms with Crippen LogP contribution in [0.4, 0.5) is 0 Å².